The second kappa shape index (κ2) is 7.53. The van der Waals surface area contributed by atoms with Gasteiger partial charge in [-0.05, 0) is 49.6 Å². The van der Waals surface area contributed by atoms with Crippen molar-refractivity contribution in [3.05, 3.63) is 24.3 Å². The number of benzene rings is 1. The minimum absolute atomic E-state index is 0.577. The molecule has 0 aliphatic carbocycles. The van der Waals surface area contributed by atoms with Crippen molar-refractivity contribution in [3.8, 4) is 5.75 Å². The van der Waals surface area contributed by atoms with Crippen LogP contribution >= 0.6 is 0 Å². The highest BCUT2D eigenvalue weighted by molar-refractivity contribution is 5.49. The summed E-state index contributed by atoms with van der Waals surface area (Å²) in [5.41, 5.74) is 1.31. The molecule has 0 radical (unpaired) electrons. The molecule has 3 heteroatoms. The third-order valence-electron chi connectivity index (χ3n) is 3.91. The maximum Gasteiger partial charge on any atom is 0.119 e. The molecule has 1 heterocycles. The molecule has 1 fully saturated rings. The van der Waals surface area contributed by atoms with Crippen LogP contribution in [0.3, 0.4) is 0 Å². The van der Waals surface area contributed by atoms with E-state index < -0.39 is 0 Å². The second-order valence-corrected chi connectivity index (χ2v) is 5.95. The minimum Gasteiger partial charge on any atom is -0.494 e. The Morgan fingerprint density at radius 1 is 1.30 bits per heavy atom. The molecule has 1 aromatic rings. The summed E-state index contributed by atoms with van der Waals surface area (Å²) >= 11 is 0. The molecule has 112 valence electrons. The molecule has 0 saturated carbocycles. The smallest absolute Gasteiger partial charge is 0.119 e. The molecule has 0 spiro atoms. The molecule has 1 saturated heterocycles. The summed E-state index contributed by atoms with van der Waals surface area (Å²) in [6, 6.07) is 9.14. The average molecular weight is 276 g/mol. The first kappa shape index (κ1) is 15.2. The van der Waals surface area contributed by atoms with Crippen molar-refractivity contribution in [1.29, 1.82) is 0 Å². The molecule has 1 unspecified atom stereocenters. The van der Waals surface area contributed by atoms with Gasteiger partial charge < -0.3 is 15.0 Å². The van der Waals surface area contributed by atoms with Gasteiger partial charge in [0.2, 0.25) is 0 Å². The van der Waals surface area contributed by atoms with Crippen LogP contribution < -0.4 is 15.0 Å². The van der Waals surface area contributed by atoms with Gasteiger partial charge in [0, 0.05) is 24.8 Å². The number of hydrogen-bond donors (Lipinski definition) is 1. The first-order valence-corrected chi connectivity index (χ1v) is 7.92. The van der Waals surface area contributed by atoms with E-state index in [1.807, 2.05) is 0 Å². The lowest BCUT2D eigenvalue weighted by molar-refractivity contribution is 0.317. The summed E-state index contributed by atoms with van der Waals surface area (Å²) in [6.07, 6.45) is 2.26. The summed E-state index contributed by atoms with van der Waals surface area (Å²) in [5, 5.41) is 3.65. The number of hydrogen-bond acceptors (Lipinski definition) is 3. The molecule has 0 bridgehead atoms. The van der Waals surface area contributed by atoms with E-state index in [0.717, 1.165) is 38.4 Å². The van der Waals surface area contributed by atoms with Crippen LogP contribution in [0.15, 0.2) is 24.3 Å². The van der Waals surface area contributed by atoms with Gasteiger partial charge in [-0.3, -0.25) is 0 Å². The van der Waals surface area contributed by atoms with Crippen LogP contribution in [0.1, 0.15) is 33.6 Å². The third kappa shape index (κ3) is 4.14. The van der Waals surface area contributed by atoms with Crippen molar-refractivity contribution in [3.63, 3.8) is 0 Å². The summed E-state index contributed by atoms with van der Waals surface area (Å²) in [4.78, 5) is 2.49. The van der Waals surface area contributed by atoms with Gasteiger partial charge in [-0.2, -0.15) is 0 Å². The van der Waals surface area contributed by atoms with Crippen LogP contribution in [0, 0.1) is 5.92 Å². The van der Waals surface area contributed by atoms with Gasteiger partial charge in [0.05, 0.1) is 6.61 Å². The van der Waals surface area contributed by atoms with Crippen LogP contribution in [0.25, 0.3) is 0 Å². The van der Waals surface area contributed by atoms with Gasteiger partial charge in [-0.15, -0.1) is 0 Å². The molecular weight excluding hydrogens is 248 g/mol. The van der Waals surface area contributed by atoms with E-state index in [2.05, 4.69) is 55.3 Å². The Bertz CT molecular complexity index is 388. The fraction of sp³-hybridized carbons (Fsp3) is 0.647. The van der Waals surface area contributed by atoms with E-state index in [0.29, 0.717) is 12.0 Å². The zero-order chi connectivity index (χ0) is 14.4. The van der Waals surface area contributed by atoms with E-state index in [4.69, 9.17) is 4.74 Å². The van der Waals surface area contributed by atoms with Crippen molar-refractivity contribution in [1.82, 2.24) is 5.32 Å². The number of nitrogens with one attached hydrogen (secondary N) is 1. The molecule has 2 rings (SSSR count). The minimum atomic E-state index is 0.577. The zero-order valence-corrected chi connectivity index (χ0v) is 13.1. The summed E-state index contributed by atoms with van der Waals surface area (Å²) in [7, 11) is 0. The van der Waals surface area contributed by atoms with Gasteiger partial charge in [-0.25, -0.2) is 0 Å². The van der Waals surface area contributed by atoms with Crippen molar-refractivity contribution in [2.45, 2.75) is 39.7 Å². The van der Waals surface area contributed by atoms with Crippen LogP contribution in [0.4, 0.5) is 5.69 Å². The molecular formula is C17H28N2O. The van der Waals surface area contributed by atoms with Gasteiger partial charge in [0.25, 0.3) is 0 Å². The lowest BCUT2D eigenvalue weighted by Crippen LogP contribution is -2.41. The van der Waals surface area contributed by atoms with Gasteiger partial charge in [0.1, 0.15) is 5.75 Å². The number of ether oxygens (including phenoxy) is 1. The van der Waals surface area contributed by atoms with E-state index in [-0.39, 0.29) is 0 Å². The van der Waals surface area contributed by atoms with Crippen molar-refractivity contribution < 1.29 is 4.74 Å². The lowest BCUT2D eigenvalue weighted by atomic mass is 10.0. The summed E-state index contributed by atoms with van der Waals surface area (Å²) in [5.74, 6) is 1.65. The Labute approximate surface area is 123 Å². The maximum absolute atomic E-state index is 5.65. The van der Waals surface area contributed by atoms with Crippen LogP contribution in [0.5, 0.6) is 5.75 Å². The second-order valence-electron chi connectivity index (χ2n) is 5.95. The summed E-state index contributed by atoms with van der Waals surface area (Å²) < 4.78 is 5.65. The third-order valence-corrected chi connectivity index (χ3v) is 3.91. The van der Waals surface area contributed by atoms with Gasteiger partial charge in [0.15, 0.2) is 0 Å². The quantitative estimate of drug-likeness (QED) is 0.893. The first-order valence-electron chi connectivity index (χ1n) is 7.92. The highest BCUT2D eigenvalue weighted by Gasteiger charge is 2.20. The molecule has 1 N–H and O–H groups in total. The Morgan fingerprint density at radius 2 is 2.05 bits per heavy atom. The average Bonchev–Trinajstić information content (AvgIpc) is 2.72. The maximum atomic E-state index is 5.65. The largest absolute Gasteiger partial charge is 0.494 e. The molecule has 20 heavy (non-hydrogen) atoms. The van der Waals surface area contributed by atoms with Gasteiger partial charge >= 0.3 is 0 Å². The number of nitrogens with zero attached hydrogens (tertiary/aromatic N) is 1. The Balaban J connectivity index is 2.01. The van der Waals surface area contributed by atoms with Crippen LogP contribution in [-0.4, -0.2) is 32.3 Å². The van der Waals surface area contributed by atoms with Crippen molar-refractivity contribution in [2.75, 3.05) is 31.1 Å². The standard InChI is InChI=1S/C17H28N2O/c1-4-12-20-16-8-6-15(7-9-16)19-11-5-10-18-17(13-19)14(2)3/h6-9,14,17-18H,4-5,10-13H2,1-3H3. The highest BCUT2D eigenvalue weighted by Crippen LogP contribution is 2.22. The molecule has 1 aliphatic rings. The molecule has 1 aromatic carbocycles. The van der Waals surface area contributed by atoms with Gasteiger partial charge in [-0.1, -0.05) is 20.8 Å². The van der Waals surface area contributed by atoms with Crippen LogP contribution in [0.2, 0.25) is 0 Å². The Morgan fingerprint density at radius 3 is 2.70 bits per heavy atom. The SMILES string of the molecule is CCCOc1ccc(N2CCCNC(C(C)C)C2)cc1. The Hall–Kier alpha value is -1.22. The lowest BCUT2D eigenvalue weighted by Gasteiger charge is -2.28. The Kier molecular flexibility index (Phi) is 5.72. The van der Waals surface area contributed by atoms with E-state index in [1.165, 1.54) is 12.1 Å². The molecule has 1 aliphatic heterocycles. The normalized spacial score (nSPS) is 20.0. The molecule has 0 amide bonds. The zero-order valence-electron chi connectivity index (χ0n) is 13.1. The predicted octanol–water partition coefficient (Wildman–Crippen LogP) is 3.30. The predicted molar refractivity (Wildman–Crippen MR) is 85.7 cm³/mol. The molecule has 3 nitrogen and oxygen atoms in total. The van der Waals surface area contributed by atoms with Crippen LogP contribution in [-0.2, 0) is 0 Å². The monoisotopic (exact) mass is 276 g/mol. The van der Waals surface area contributed by atoms with E-state index in [9.17, 15) is 0 Å². The fourth-order valence-electron chi connectivity index (χ4n) is 2.60. The topological polar surface area (TPSA) is 24.5 Å². The molecule has 0 aromatic heterocycles. The summed E-state index contributed by atoms with van der Waals surface area (Å²) in [6.45, 7) is 10.9. The number of anilines is 1. The fourth-order valence-corrected chi connectivity index (χ4v) is 2.60. The van der Waals surface area contributed by atoms with Crippen molar-refractivity contribution >= 4 is 5.69 Å². The number of rotatable bonds is 5. The molecule has 1 atom stereocenters. The van der Waals surface area contributed by atoms with E-state index in [1.54, 1.807) is 0 Å². The first-order chi connectivity index (χ1) is 9.70. The van der Waals surface area contributed by atoms with E-state index >= 15 is 0 Å². The highest BCUT2D eigenvalue weighted by atomic mass is 16.5. The van der Waals surface area contributed by atoms with Crippen molar-refractivity contribution in [2.24, 2.45) is 5.92 Å².